The molecular formula is C9H15BrF3NO. The minimum Gasteiger partial charge on any atom is -0.340 e. The van der Waals surface area contributed by atoms with Crippen LogP contribution in [0.4, 0.5) is 13.2 Å². The second-order valence-corrected chi connectivity index (χ2v) is 4.57. The molecule has 0 N–H and O–H groups in total. The molecule has 2 nitrogen and oxygen atoms in total. The zero-order chi connectivity index (χ0) is 12.3. The van der Waals surface area contributed by atoms with Gasteiger partial charge in [0.25, 0.3) is 0 Å². The monoisotopic (exact) mass is 289 g/mol. The molecule has 0 spiro atoms. The smallest absolute Gasteiger partial charge is 0.340 e. The Morgan fingerprint density at radius 3 is 2.13 bits per heavy atom. The second kappa shape index (κ2) is 5.18. The van der Waals surface area contributed by atoms with Gasteiger partial charge < -0.3 is 4.90 Å². The van der Waals surface area contributed by atoms with Crippen LogP contribution in [0.1, 0.15) is 26.7 Å². The van der Waals surface area contributed by atoms with Crippen LogP contribution < -0.4 is 0 Å². The van der Waals surface area contributed by atoms with Crippen molar-refractivity contribution in [1.29, 1.82) is 0 Å². The van der Waals surface area contributed by atoms with Gasteiger partial charge >= 0.3 is 6.18 Å². The van der Waals surface area contributed by atoms with Gasteiger partial charge in [-0.3, -0.25) is 4.79 Å². The van der Waals surface area contributed by atoms with E-state index in [9.17, 15) is 18.0 Å². The van der Waals surface area contributed by atoms with Crippen molar-refractivity contribution < 1.29 is 18.0 Å². The average molecular weight is 290 g/mol. The molecule has 0 aromatic carbocycles. The minimum atomic E-state index is -4.27. The van der Waals surface area contributed by atoms with E-state index in [4.69, 9.17) is 0 Å². The first-order chi connectivity index (χ1) is 6.60. The molecule has 90 valence electrons. The molecule has 0 aromatic rings. The van der Waals surface area contributed by atoms with Gasteiger partial charge in [0.1, 0.15) is 0 Å². The van der Waals surface area contributed by atoms with E-state index in [0.717, 1.165) is 0 Å². The van der Waals surface area contributed by atoms with Crippen LogP contribution in [-0.2, 0) is 4.79 Å². The first-order valence-electron chi connectivity index (χ1n) is 4.49. The highest BCUT2D eigenvalue weighted by Gasteiger charge is 2.31. The van der Waals surface area contributed by atoms with Crippen molar-refractivity contribution in [3.8, 4) is 0 Å². The number of carbonyl (C=O) groups is 1. The molecule has 15 heavy (non-hydrogen) atoms. The van der Waals surface area contributed by atoms with Crippen LogP contribution in [0.5, 0.6) is 0 Å². The Bertz CT molecular complexity index is 228. The highest BCUT2D eigenvalue weighted by atomic mass is 79.9. The summed E-state index contributed by atoms with van der Waals surface area (Å²) in [7, 11) is 1.51. The van der Waals surface area contributed by atoms with Crippen LogP contribution in [-0.4, -0.2) is 34.9 Å². The molecule has 0 unspecified atom stereocenters. The molecule has 0 aliphatic rings. The van der Waals surface area contributed by atoms with E-state index in [2.05, 4.69) is 15.9 Å². The zero-order valence-electron chi connectivity index (χ0n) is 8.99. The lowest BCUT2D eigenvalue weighted by Crippen LogP contribution is -2.46. The van der Waals surface area contributed by atoms with Gasteiger partial charge in [0.2, 0.25) is 5.91 Å². The summed E-state index contributed by atoms with van der Waals surface area (Å²) in [5.74, 6) is -0.489. The topological polar surface area (TPSA) is 20.3 Å². The van der Waals surface area contributed by atoms with E-state index >= 15 is 0 Å². The van der Waals surface area contributed by atoms with E-state index in [-0.39, 0.29) is 0 Å². The van der Waals surface area contributed by atoms with Crippen molar-refractivity contribution in [3.63, 3.8) is 0 Å². The Kier molecular flexibility index (Phi) is 5.09. The highest BCUT2D eigenvalue weighted by molar-refractivity contribution is 9.09. The van der Waals surface area contributed by atoms with Crippen LogP contribution in [0, 0.1) is 0 Å². The fourth-order valence-corrected chi connectivity index (χ4v) is 1.22. The van der Waals surface area contributed by atoms with Gasteiger partial charge in [-0.05, 0) is 13.8 Å². The van der Waals surface area contributed by atoms with Crippen molar-refractivity contribution >= 4 is 21.8 Å². The number of carbonyl (C=O) groups excluding carboxylic acids is 1. The lowest BCUT2D eigenvalue weighted by molar-refractivity contribution is -0.150. The normalized spacial score (nSPS) is 12.7. The number of rotatable bonds is 4. The molecular weight excluding hydrogens is 275 g/mol. The van der Waals surface area contributed by atoms with Gasteiger partial charge in [-0.2, -0.15) is 13.2 Å². The maximum absolute atomic E-state index is 11.9. The van der Waals surface area contributed by atoms with E-state index in [1.165, 1.54) is 11.9 Å². The van der Waals surface area contributed by atoms with Crippen molar-refractivity contribution in [2.24, 2.45) is 0 Å². The maximum Gasteiger partial charge on any atom is 0.389 e. The zero-order valence-corrected chi connectivity index (χ0v) is 10.6. The van der Waals surface area contributed by atoms with Crippen LogP contribution in [0.25, 0.3) is 0 Å². The van der Waals surface area contributed by atoms with E-state index in [1.807, 2.05) is 0 Å². The average Bonchev–Trinajstić information content (AvgIpc) is 2.11. The van der Waals surface area contributed by atoms with Crippen molar-refractivity contribution in [2.45, 2.75) is 38.4 Å². The number of amides is 1. The predicted molar refractivity (Wildman–Crippen MR) is 55.9 cm³/mol. The summed E-state index contributed by atoms with van der Waals surface area (Å²) in [5.41, 5.74) is -0.470. The van der Waals surface area contributed by atoms with Gasteiger partial charge in [0.05, 0.1) is 6.42 Å². The molecule has 0 saturated carbocycles. The number of nitrogens with zero attached hydrogens (tertiary/aromatic N) is 1. The predicted octanol–water partition coefficient (Wildman–Crippen LogP) is 2.96. The van der Waals surface area contributed by atoms with Crippen LogP contribution >= 0.6 is 15.9 Å². The fraction of sp³-hybridized carbons (Fsp3) is 0.889. The molecule has 0 rings (SSSR count). The van der Waals surface area contributed by atoms with Gasteiger partial charge in [-0.25, -0.2) is 0 Å². The van der Waals surface area contributed by atoms with Crippen molar-refractivity contribution in [3.05, 3.63) is 0 Å². The molecule has 0 radical (unpaired) electrons. The Hall–Kier alpha value is -0.260. The Morgan fingerprint density at radius 1 is 1.33 bits per heavy atom. The third-order valence-electron chi connectivity index (χ3n) is 2.23. The molecule has 0 saturated heterocycles. The summed E-state index contributed by atoms with van der Waals surface area (Å²) >= 11 is 3.21. The molecule has 0 fully saturated rings. The Balaban J connectivity index is 4.23. The van der Waals surface area contributed by atoms with E-state index in [1.54, 1.807) is 13.8 Å². The first kappa shape index (κ1) is 14.7. The van der Waals surface area contributed by atoms with E-state index < -0.39 is 30.5 Å². The van der Waals surface area contributed by atoms with Crippen LogP contribution in [0.2, 0.25) is 0 Å². The molecule has 0 aliphatic carbocycles. The quantitative estimate of drug-likeness (QED) is 0.729. The largest absolute Gasteiger partial charge is 0.389 e. The van der Waals surface area contributed by atoms with E-state index in [0.29, 0.717) is 5.33 Å². The molecule has 0 atom stereocenters. The third-order valence-corrected chi connectivity index (χ3v) is 3.60. The molecule has 1 amide bonds. The summed E-state index contributed by atoms with van der Waals surface area (Å²) in [4.78, 5) is 12.7. The molecule has 6 heteroatoms. The Morgan fingerprint density at radius 2 is 1.80 bits per heavy atom. The maximum atomic E-state index is 11.9. The molecule has 0 aliphatic heterocycles. The number of hydrogen-bond acceptors (Lipinski definition) is 1. The standard InChI is InChI=1S/C9H15BrF3NO/c1-8(2,6-10)14(3)7(15)4-5-9(11,12)13/h4-6H2,1-3H3. The lowest BCUT2D eigenvalue weighted by Gasteiger charge is -2.34. The SMILES string of the molecule is CN(C(=O)CCC(F)(F)F)C(C)(C)CBr. The lowest BCUT2D eigenvalue weighted by atomic mass is 10.1. The summed E-state index contributed by atoms with van der Waals surface area (Å²) in [6.07, 6.45) is -5.82. The van der Waals surface area contributed by atoms with Gasteiger partial charge in [0, 0.05) is 24.3 Å². The van der Waals surface area contributed by atoms with Gasteiger partial charge in [-0.1, -0.05) is 15.9 Å². The highest BCUT2D eigenvalue weighted by Crippen LogP contribution is 2.23. The summed E-state index contributed by atoms with van der Waals surface area (Å²) in [6, 6.07) is 0. The number of alkyl halides is 4. The molecule has 0 aromatic heterocycles. The fourth-order valence-electron chi connectivity index (χ4n) is 0.844. The molecule has 0 heterocycles. The Labute approximate surface area is 95.9 Å². The summed E-state index contributed by atoms with van der Waals surface area (Å²) in [6.45, 7) is 3.57. The van der Waals surface area contributed by atoms with Crippen LogP contribution in [0.15, 0.2) is 0 Å². The summed E-state index contributed by atoms with van der Waals surface area (Å²) in [5, 5.41) is 0.522. The minimum absolute atomic E-state index is 0.470. The number of hydrogen-bond donors (Lipinski definition) is 0. The van der Waals surface area contributed by atoms with Gasteiger partial charge in [0.15, 0.2) is 0 Å². The molecule has 0 bridgehead atoms. The van der Waals surface area contributed by atoms with Crippen molar-refractivity contribution in [1.82, 2.24) is 4.90 Å². The first-order valence-corrected chi connectivity index (χ1v) is 5.61. The summed E-state index contributed by atoms with van der Waals surface area (Å²) < 4.78 is 35.6. The van der Waals surface area contributed by atoms with Crippen molar-refractivity contribution in [2.75, 3.05) is 12.4 Å². The third kappa shape index (κ3) is 5.39. The van der Waals surface area contributed by atoms with Gasteiger partial charge in [-0.15, -0.1) is 0 Å². The second-order valence-electron chi connectivity index (χ2n) is 4.01. The van der Waals surface area contributed by atoms with Crippen LogP contribution in [0.3, 0.4) is 0 Å². The number of halogens is 4.